The standard InChI is InChI=1S/C17H22N4O3S2/c1-3-26(23,24)20-13-6-8-21(9-7-13)16(22)11-25-17-18-14-5-4-12(2)10-15(14)19-17/h3-5,10,13,20H,1,6-9,11H2,2H3,(H,18,19). The molecule has 1 saturated heterocycles. The number of amides is 1. The first-order valence-electron chi connectivity index (χ1n) is 8.38. The molecule has 2 heterocycles. The molecule has 1 aromatic heterocycles. The number of thioether (sulfide) groups is 1. The summed E-state index contributed by atoms with van der Waals surface area (Å²) in [6.45, 7) is 6.39. The van der Waals surface area contributed by atoms with Crippen molar-refractivity contribution in [1.82, 2.24) is 19.6 Å². The van der Waals surface area contributed by atoms with E-state index in [1.807, 2.05) is 25.1 Å². The number of likely N-dealkylation sites (tertiary alicyclic amines) is 1. The van der Waals surface area contributed by atoms with E-state index in [2.05, 4.69) is 21.3 Å². The lowest BCUT2D eigenvalue weighted by molar-refractivity contribution is -0.129. The quantitative estimate of drug-likeness (QED) is 0.731. The number of hydrogen-bond acceptors (Lipinski definition) is 5. The maximum absolute atomic E-state index is 12.4. The minimum atomic E-state index is -3.43. The number of rotatable bonds is 6. The molecule has 140 valence electrons. The zero-order valence-electron chi connectivity index (χ0n) is 14.6. The first kappa shape index (κ1) is 18.9. The third-order valence-corrected chi connectivity index (χ3v) is 6.31. The van der Waals surface area contributed by atoms with E-state index in [1.54, 1.807) is 4.90 Å². The maximum Gasteiger partial charge on any atom is 0.233 e. The normalized spacial score (nSPS) is 16.1. The van der Waals surface area contributed by atoms with Crippen LogP contribution < -0.4 is 4.72 Å². The van der Waals surface area contributed by atoms with Gasteiger partial charge >= 0.3 is 0 Å². The van der Waals surface area contributed by atoms with Gasteiger partial charge in [0.05, 0.1) is 16.8 Å². The number of piperidine rings is 1. The number of benzene rings is 1. The summed E-state index contributed by atoms with van der Waals surface area (Å²) < 4.78 is 25.6. The SMILES string of the molecule is C=CS(=O)(=O)NC1CCN(C(=O)CSc2nc3cc(C)ccc3[nH]2)CC1. The lowest BCUT2D eigenvalue weighted by Crippen LogP contribution is -2.46. The van der Waals surface area contributed by atoms with Gasteiger partial charge in [0.2, 0.25) is 15.9 Å². The Bertz CT molecular complexity index is 915. The van der Waals surface area contributed by atoms with Crippen LogP contribution in [-0.2, 0) is 14.8 Å². The van der Waals surface area contributed by atoms with Gasteiger partial charge in [-0.1, -0.05) is 24.4 Å². The van der Waals surface area contributed by atoms with Crippen LogP contribution in [0.15, 0.2) is 35.3 Å². The summed E-state index contributed by atoms with van der Waals surface area (Å²) in [5.41, 5.74) is 3.00. The molecule has 0 radical (unpaired) electrons. The number of aryl methyl sites for hydroxylation is 1. The molecule has 1 amide bonds. The largest absolute Gasteiger partial charge is 0.342 e. The number of H-pyrrole nitrogens is 1. The molecule has 2 N–H and O–H groups in total. The van der Waals surface area contributed by atoms with Gasteiger partial charge in [0.15, 0.2) is 5.16 Å². The Labute approximate surface area is 157 Å². The van der Waals surface area contributed by atoms with Crippen LogP contribution >= 0.6 is 11.8 Å². The van der Waals surface area contributed by atoms with Crippen molar-refractivity contribution in [3.63, 3.8) is 0 Å². The van der Waals surface area contributed by atoms with E-state index in [9.17, 15) is 13.2 Å². The average Bonchev–Trinajstić information content (AvgIpc) is 3.02. The van der Waals surface area contributed by atoms with Gasteiger partial charge in [-0.05, 0) is 37.5 Å². The Morgan fingerprint density at radius 3 is 2.88 bits per heavy atom. The fraction of sp³-hybridized carbons (Fsp3) is 0.412. The van der Waals surface area contributed by atoms with Gasteiger partial charge in [-0.25, -0.2) is 18.1 Å². The van der Waals surface area contributed by atoms with Crippen LogP contribution in [0.1, 0.15) is 18.4 Å². The van der Waals surface area contributed by atoms with Crippen molar-refractivity contribution >= 4 is 38.7 Å². The summed E-state index contributed by atoms with van der Waals surface area (Å²) in [6.07, 6.45) is 1.21. The van der Waals surface area contributed by atoms with Crippen molar-refractivity contribution in [3.05, 3.63) is 35.7 Å². The van der Waals surface area contributed by atoms with Gasteiger partial charge in [0.25, 0.3) is 0 Å². The third kappa shape index (κ3) is 4.66. The first-order chi connectivity index (χ1) is 12.4. The van der Waals surface area contributed by atoms with E-state index >= 15 is 0 Å². The molecular weight excluding hydrogens is 372 g/mol. The van der Waals surface area contributed by atoms with Gasteiger partial charge in [0.1, 0.15) is 0 Å². The number of fused-ring (bicyclic) bond motifs is 1. The highest BCUT2D eigenvalue weighted by atomic mass is 32.2. The number of aromatic nitrogens is 2. The number of carbonyl (C=O) groups is 1. The molecule has 1 fully saturated rings. The Morgan fingerprint density at radius 2 is 2.19 bits per heavy atom. The van der Waals surface area contributed by atoms with Crippen LogP contribution in [0, 0.1) is 6.92 Å². The van der Waals surface area contributed by atoms with E-state index in [-0.39, 0.29) is 11.9 Å². The molecule has 9 heteroatoms. The highest BCUT2D eigenvalue weighted by Gasteiger charge is 2.25. The fourth-order valence-electron chi connectivity index (χ4n) is 2.91. The number of nitrogens with zero attached hydrogens (tertiary/aromatic N) is 2. The van der Waals surface area contributed by atoms with Crippen molar-refractivity contribution in [2.75, 3.05) is 18.8 Å². The first-order valence-corrected chi connectivity index (χ1v) is 10.9. The molecule has 1 aromatic carbocycles. The van der Waals surface area contributed by atoms with Crippen LogP contribution in [0.5, 0.6) is 0 Å². The maximum atomic E-state index is 12.4. The molecule has 0 bridgehead atoms. The number of nitrogens with one attached hydrogen (secondary N) is 2. The topological polar surface area (TPSA) is 95.2 Å². The molecule has 0 atom stereocenters. The molecule has 3 rings (SSSR count). The monoisotopic (exact) mass is 394 g/mol. The molecule has 1 aliphatic rings. The number of carbonyl (C=O) groups excluding carboxylic acids is 1. The predicted octanol–water partition coefficient (Wildman–Crippen LogP) is 2.02. The Kier molecular flexibility index (Phi) is 5.69. The number of hydrogen-bond donors (Lipinski definition) is 2. The zero-order chi connectivity index (χ0) is 18.7. The Morgan fingerprint density at radius 1 is 1.46 bits per heavy atom. The third-order valence-electron chi connectivity index (χ3n) is 4.35. The summed E-state index contributed by atoms with van der Waals surface area (Å²) in [5.74, 6) is 0.346. The number of sulfonamides is 1. The molecule has 1 aliphatic heterocycles. The van der Waals surface area contributed by atoms with Crippen molar-refractivity contribution in [2.45, 2.75) is 31.0 Å². The van der Waals surface area contributed by atoms with Crippen molar-refractivity contribution < 1.29 is 13.2 Å². The minimum absolute atomic E-state index is 0.0386. The second-order valence-corrected chi connectivity index (χ2v) is 8.96. The highest BCUT2D eigenvalue weighted by molar-refractivity contribution is 7.99. The number of imidazole rings is 1. The molecule has 0 aliphatic carbocycles. The molecule has 7 nitrogen and oxygen atoms in total. The lowest BCUT2D eigenvalue weighted by atomic mass is 10.1. The smallest absolute Gasteiger partial charge is 0.233 e. The Balaban J connectivity index is 1.50. The molecular formula is C17H22N4O3S2. The van der Waals surface area contributed by atoms with Crippen molar-refractivity contribution in [3.8, 4) is 0 Å². The van der Waals surface area contributed by atoms with Crippen LogP contribution in [0.25, 0.3) is 11.0 Å². The van der Waals surface area contributed by atoms with E-state index in [1.165, 1.54) is 11.8 Å². The minimum Gasteiger partial charge on any atom is -0.342 e. The van der Waals surface area contributed by atoms with Gasteiger partial charge in [-0.2, -0.15) is 0 Å². The van der Waals surface area contributed by atoms with E-state index < -0.39 is 10.0 Å². The second-order valence-electron chi connectivity index (χ2n) is 6.34. The molecule has 26 heavy (non-hydrogen) atoms. The van der Waals surface area contributed by atoms with Gasteiger partial charge in [-0.3, -0.25) is 4.79 Å². The molecule has 0 spiro atoms. The van der Waals surface area contributed by atoms with E-state index in [0.717, 1.165) is 27.2 Å². The van der Waals surface area contributed by atoms with Crippen molar-refractivity contribution in [1.29, 1.82) is 0 Å². The second kappa shape index (κ2) is 7.81. The van der Waals surface area contributed by atoms with Crippen LogP contribution in [0.2, 0.25) is 0 Å². The molecule has 0 saturated carbocycles. The van der Waals surface area contributed by atoms with E-state index in [4.69, 9.17) is 0 Å². The summed E-state index contributed by atoms with van der Waals surface area (Å²) in [6, 6.07) is 5.87. The number of aromatic amines is 1. The zero-order valence-corrected chi connectivity index (χ0v) is 16.2. The molecule has 0 unspecified atom stereocenters. The fourth-order valence-corrected chi connectivity index (χ4v) is 4.49. The summed E-state index contributed by atoms with van der Waals surface area (Å²) in [7, 11) is -3.43. The Hall–Kier alpha value is -1.84. The summed E-state index contributed by atoms with van der Waals surface area (Å²) >= 11 is 1.39. The van der Waals surface area contributed by atoms with Crippen LogP contribution in [-0.4, -0.2) is 54.1 Å². The van der Waals surface area contributed by atoms with Gasteiger partial charge in [-0.15, -0.1) is 0 Å². The molecule has 2 aromatic rings. The van der Waals surface area contributed by atoms with Crippen LogP contribution in [0.4, 0.5) is 0 Å². The highest BCUT2D eigenvalue weighted by Crippen LogP contribution is 2.21. The lowest BCUT2D eigenvalue weighted by Gasteiger charge is -2.31. The van der Waals surface area contributed by atoms with Gasteiger partial charge < -0.3 is 9.88 Å². The average molecular weight is 395 g/mol. The van der Waals surface area contributed by atoms with Crippen molar-refractivity contribution in [2.24, 2.45) is 0 Å². The van der Waals surface area contributed by atoms with Gasteiger partial charge in [0, 0.05) is 24.5 Å². The predicted molar refractivity (Wildman–Crippen MR) is 103 cm³/mol. The van der Waals surface area contributed by atoms with E-state index in [0.29, 0.717) is 31.7 Å². The summed E-state index contributed by atoms with van der Waals surface area (Å²) in [4.78, 5) is 21.9. The van der Waals surface area contributed by atoms with Crippen LogP contribution in [0.3, 0.4) is 0 Å². The summed E-state index contributed by atoms with van der Waals surface area (Å²) in [5, 5.41) is 1.64.